The molecule has 0 spiro atoms. The number of nitrogens with one attached hydrogen (secondary N) is 2. The molecule has 0 saturated heterocycles. The minimum atomic E-state index is 0.473. The van der Waals surface area contributed by atoms with Crippen molar-refractivity contribution in [1.82, 2.24) is 9.97 Å². The molecule has 1 saturated carbocycles. The SMILES string of the molecule is CNc1ncc(Cl)c(NC2CCCCC2C)n1. The van der Waals surface area contributed by atoms with Crippen LogP contribution < -0.4 is 10.6 Å². The second kappa shape index (κ2) is 5.54. The summed E-state index contributed by atoms with van der Waals surface area (Å²) in [6.45, 7) is 2.28. The van der Waals surface area contributed by atoms with Crippen LogP contribution in [-0.4, -0.2) is 23.1 Å². The number of halogens is 1. The third-order valence-corrected chi connectivity index (χ3v) is 3.68. The van der Waals surface area contributed by atoms with Gasteiger partial charge >= 0.3 is 0 Å². The van der Waals surface area contributed by atoms with E-state index in [1.54, 1.807) is 13.2 Å². The molecule has 4 nitrogen and oxygen atoms in total. The Hall–Kier alpha value is -1.03. The van der Waals surface area contributed by atoms with Crippen molar-refractivity contribution >= 4 is 23.4 Å². The Morgan fingerprint density at radius 3 is 2.82 bits per heavy atom. The van der Waals surface area contributed by atoms with Crippen LogP contribution in [0.5, 0.6) is 0 Å². The first-order chi connectivity index (χ1) is 8.20. The Morgan fingerprint density at radius 2 is 2.12 bits per heavy atom. The van der Waals surface area contributed by atoms with E-state index in [2.05, 4.69) is 27.5 Å². The molecule has 0 radical (unpaired) electrons. The van der Waals surface area contributed by atoms with E-state index in [4.69, 9.17) is 11.6 Å². The molecule has 1 heterocycles. The van der Waals surface area contributed by atoms with Gasteiger partial charge in [0, 0.05) is 13.1 Å². The molecule has 0 bridgehead atoms. The Labute approximate surface area is 107 Å². The van der Waals surface area contributed by atoms with Crippen LogP contribution in [0.3, 0.4) is 0 Å². The first-order valence-corrected chi connectivity index (χ1v) is 6.55. The quantitative estimate of drug-likeness (QED) is 0.870. The minimum absolute atomic E-state index is 0.473. The molecular weight excluding hydrogens is 236 g/mol. The number of hydrogen-bond acceptors (Lipinski definition) is 4. The molecule has 2 N–H and O–H groups in total. The maximum Gasteiger partial charge on any atom is 0.224 e. The van der Waals surface area contributed by atoms with Crippen LogP contribution in [0.1, 0.15) is 32.6 Å². The summed E-state index contributed by atoms with van der Waals surface area (Å²) in [4.78, 5) is 8.43. The van der Waals surface area contributed by atoms with Crippen LogP contribution in [0.2, 0.25) is 5.02 Å². The molecule has 0 aliphatic heterocycles. The summed E-state index contributed by atoms with van der Waals surface area (Å²) >= 11 is 6.10. The van der Waals surface area contributed by atoms with Crippen molar-refractivity contribution in [1.29, 1.82) is 0 Å². The van der Waals surface area contributed by atoms with Gasteiger partial charge in [0.05, 0.1) is 6.20 Å². The Morgan fingerprint density at radius 1 is 1.35 bits per heavy atom. The first kappa shape index (κ1) is 12.4. The van der Waals surface area contributed by atoms with Crippen LogP contribution in [0.4, 0.5) is 11.8 Å². The first-order valence-electron chi connectivity index (χ1n) is 6.17. The summed E-state index contributed by atoms with van der Waals surface area (Å²) in [5, 5.41) is 6.96. The molecule has 5 heteroatoms. The van der Waals surface area contributed by atoms with E-state index >= 15 is 0 Å². The van der Waals surface area contributed by atoms with Crippen molar-refractivity contribution in [2.24, 2.45) is 5.92 Å². The largest absolute Gasteiger partial charge is 0.366 e. The average Bonchev–Trinajstić information content (AvgIpc) is 2.35. The van der Waals surface area contributed by atoms with Gasteiger partial charge in [0.15, 0.2) is 5.82 Å². The van der Waals surface area contributed by atoms with Gasteiger partial charge in [-0.05, 0) is 18.8 Å². The Kier molecular flexibility index (Phi) is 4.05. The zero-order valence-corrected chi connectivity index (χ0v) is 11.1. The van der Waals surface area contributed by atoms with Crippen molar-refractivity contribution in [2.45, 2.75) is 38.6 Å². The molecule has 94 valence electrons. The average molecular weight is 255 g/mol. The van der Waals surface area contributed by atoms with Crippen molar-refractivity contribution in [3.05, 3.63) is 11.2 Å². The lowest BCUT2D eigenvalue weighted by atomic mass is 9.86. The number of anilines is 2. The van der Waals surface area contributed by atoms with Crippen molar-refractivity contribution < 1.29 is 0 Å². The molecule has 2 unspecified atom stereocenters. The molecule has 1 aromatic heterocycles. The second-order valence-electron chi connectivity index (χ2n) is 4.65. The zero-order valence-electron chi connectivity index (χ0n) is 10.3. The number of rotatable bonds is 3. The van der Waals surface area contributed by atoms with Gasteiger partial charge in [-0.1, -0.05) is 31.4 Å². The predicted molar refractivity (Wildman–Crippen MR) is 71.6 cm³/mol. The molecule has 1 aromatic rings. The Bertz CT molecular complexity index is 383. The predicted octanol–water partition coefficient (Wildman–Crippen LogP) is 3.16. The van der Waals surface area contributed by atoms with E-state index in [1.807, 2.05) is 0 Å². The highest BCUT2D eigenvalue weighted by atomic mass is 35.5. The molecule has 1 aliphatic rings. The second-order valence-corrected chi connectivity index (χ2v) is 5.06. The van der Waals surface area contributed by atoms with E-state index < -0.39 is 0 Å². The lowest BCUT2D eigenvalue weighted by Gasteiger charge is -2.30. The Balaban J connectivity index is 2.11. The topological polar surface area (TPSA) is 49.8 Å². The fourth-order valence-electron chi connectivity index (χ4n) is 2.30. The van der Waals surface area contributed by atoms with Crippen molar-refractivity contribution in [3.63, 3.8) is 0 Å². The zero-order chi connectivity index (χ0) is 12.3. The van der Waals surface area contributed by atoms with Crippen LogP contribution in [0.15, 0.2) is 6.20 Å². The molecule has 1 aliphatic carbocycles. The van der Waals surface area contributed by atoms with E-state index in [0.717, 1.165) is 5.82 Å². The smallest absolute Gasteiger partial charge is 0.224 e. The highest BCUT2D eigenvalue weighted by Gasteiger charge is 2.22. The van der Waals surface area contributed by atoms with Gasteiger partial charge in [-0.15, -0.1) is 0 Å². The van der Waals surface area contributed by atoms with Crippen LogP contribution in [0.25, 0.3) is 0 Å². The highest BCUT2D eigenvalue weighted by Crippen LogP contribution is 2.28. The minimum Gasteiger partial charge on any atom is -0.366 e. The fourth-order valence-corrected chi connectivity index (χ4v) is 2.44. The van der Waals surface area contributed by atoms with Gasteiger partial charge in [-0.25, -0.2) is 4.98 Å². The van der Waals surface area contributed by atoms with E-state index in [0.29, 0.717) is 22.9 Å². The van der Waals surface area contributed by atoms with Gasteiger partial charge in [0.2, 0.25) is 5.95 Å². The summed E-state index contributed by atoms with van der Waals surface area (Å²) in [7, 11) is 1.80. The van der Waals surface area contributed by atoms with Gasteiger partial charge in [0.25, 0.3) is 0 Å². The van der Waals surface area contributed by atoms with Gasteiger partial charge in [-0.3, -0.25) is 0 Å². The van der Waals surface area contributed by atoms with Gasteiger partial charge in [0.1, 0.15) is 5.02 Å². The third-order valence-electron chi connectivity index (χ3n) is 3.40. The molecular formula is C12H19ClN4. The molecule has 0 amide bonds. The standard InChI is InChI=1S/C12H19ClN4/c1-8-5-3-4-6-10(8)16-11-9(13)7-15-12(14-2)17-11/h7-8,10H,3-6H2,1-2H3,(H2,14,15,16,17). The molecule has 2 rings (SSSR count). The monoisotopic (exact) mass is 254 g/mol. The summed E-state index contributed by atoms with van der Waals surface area (Å²) in [6.07, 6.45) is 6.72. The van der Waals surface area contributed by atoms with Gasteiger partial charge < -0.3 is 10.6 Å². The van der Waals surface area contributed by atoms with Crippen LogP contribution in [-0.2, 0) is 0 Å². The number of aromatic nitrogens is 2. The number of hydrogen-bond donors (Lipinski definition) is 2. The number of nitrogens with zero attached hydrogens (tertiary/aromatic N) is 2. The molecule has 2 atom stereocenters. The molecule has 1 fully saturated rings. The summed E-state index contributed by atoms with van der Waals surface area (Å²) in [6, 6.07) is 0.473. The molecule has 17 heavy (non-hydrogen) atoms. The van der Waals surface area contributed by atoms with Crippen molar-refractivity contribution in [2.75, 3.05) is 17.7 Å². The fraction of sp³-hybridized carbons (Fsp3) is 0.667. The van der Waals surface area contributed by atoms with E-state index in [-0.39, 0.29) is 0 Å². The highest BCUT2D eigenvalue weighted by molar-refractivity contribution is 6.32. The normalized spacial score (nSPS) is 24.4. The van der Waals surface area contributed by atoms with Crippen LogP contribution in [0, 0.1) is 5.92 Å². The van der Waals surface area contributed by atoms with E-state index in [9.17, 15) is 0 Å². The van der Waals surface area contributed by atoms with E-state index in [1.165, 1.54) is 25.7 Å². The molecule has 0 aromatic carbocycles. The lowest BCUT2D eigenvalue weighted by Crippen LogP contribution is -2.30. The van der Waals surface area contributed by atoms with Crippen molar-refractivity contribution in [3.8, 4) is 0 Å². The van der Waals surface area contributed by atoms with Crippen LogP contribution >= 0.6 is 11.6 Å². The van der Waals surface area contributed by atoms with Gasteiger partial charge in [-0.2, -0.15) is 4.98 Å². The summed E-state index contributed by atoms with van der Waals surface area (Å²) in [5.41, 5.74) is 0. The maximum absolute atomic E-state index is 6.10. The maximum atomic E-state index is 6.10. The lowest BCUT2D eigenvalue weighted by molar-refractivity contribution is 0.349. The summed E-state index contributed by atoms with van der Waals surface area (Å²) in [5.74, 6) is 2.01. The summed E-state index contributed by atoms with van der Waals surface area (Å²) < 4.78 is 0. The third kappa shape index (κ3) is 3.00.